The summed E-state index contributed by atoms with van der Waals surface area (Å²) in [7, 11) is 0. The number of fused-ring (bicyclic) bond motifs is 2. The lowest BCUT2D eigenvalue weighted by Gasteiger charge is -2.17. The Balaban J connectivity index is 1.41. The molecule has 5 rings (SSSR count). The lowest BCUT2D eigenvalue weighted by molar-refractivity contribution is -0.117. The molecule has 2 aromatic heterocycles. The molecule has 0 unspecified atom stereocenters. The van der Waals surface area contributed by atoms with Crippen molar-refractivity contribution < 1.29 is 9.32 Å². The van der Waals surface area contributed by atoms with Crippen molar-refractivity contribution in [3.05, 3.63) is 65.7 Å². The fourth-order valence-electron chi connectivity index (χ4n) is 3.75. The van der Waals surface area contributed by atoms with Crippen LogP contribution in [-0.2, 0) is 17.6 Å². The fourth-order valence-corrected chi connectivity index (χ4v) is 3.75. The van der Waals surface area contributed by atoms with Gasteiger partial charge in [-0.05, 0) is 41.8 Å². The highest BCUT2D eigenvalue weighted by Gasteiger charge is 2.26. The van der Waals surface area contributed by atoms with Gasteiger partial charge in [0.25, 0.3) is 0 Å². The lowest BCUT2D eigenvalue weighted by atomic mass is 10.1. The van der Waals surface area contributed by atoms with E-state index >= 15 is 0 Å². The first kappa shape index (κ1) is 15.8. The van der Waals surface area contributed by atoms with Crippen molar-refractivity contribution in [2.24, 2.45) is 0 Å². The van der Waals surface area contributed by atoms with Gasteiger partial charge in [0.05, 0.1) is 6.42 Å². The van der Waals surface area contributed by atoms with E-state index in [2.05, 4.69) is 21.2 Å². The van der Waals surface area contributed by atoms with Gasteiger partial charge in [0.2, 0.25) is 17.6 Å². The number of anilines is 1. The predicted octanol–water partition coefficient (Wildman–Crippen LogP) is 3.66. The maximum absolute atomic E-state index is 12.9. The predicted molar refractivity (Wildman–Crippen MR) is 103 cm³/mol. The Morgan fingerprint density at radius 2 is 2.15 bits per heavy atom. The van der Waals surface area contributed by atoms with Crippen LogP contribution in [0.4, 0.5) is 5.69 Å². The zero-order valence-corrected chi connectivity index (χ0v) is 14.9. The van der Waals surface area contributed by atoms with E-state index in [9.17, 15) is 4.79 Å². The number of aromatic amines is 1. The molecular formula is C21H18N4O2. The minimum atomic E-state index is 0.113. The van der Waals surface area contributed by atoms with Crippen molar-refractivity contribution in [2.45, 2.75) is 19.8 Å². The Morgan fingerprint density at radius 1 is 1.26 bits per heavy atom. The summed E-state index contributed by atoms with van der Waals surface area (Å²) in [5.74, 6) is 1.24. The smallest absolute Gasteiger partial charge is 0.231 e. The number of amides is 1. The van der Waals surface area contributed by atoms with Crippen LogP contribution in [0.3, 0.4) is 0 Å². The molecule has 27 heavy (non-hydrogen) atoms. The van der Waals surface area contributed by atoms with Gasteiger partial charge in [0.1, 0.15) is 0 Å². The van der Waals surface area contributed by atoms with Crippen LogP contribution in [0.25, 0.3) is 22.3 Å². The van der Waals surface area contributed by atoms with E-state index < -0.39 is 0 Å². The summed E-state index contributed by atoms with van der Waals surface area (Å²) < 4.78 is 5.06. The van der Waals surface area contributed by atoms with Crippen molar-refractivity contribution in [3.8, 4) is 11.4 Å². The van der Waals surface area contributed by atoms with E-state index in [-0.39, 0.29) is 5.91 Å². The minimum absolute atomic E-state index is 0.113. The number of hydrogen-bond donors (Lipinski definition) is 1. The topological polar surface area (TPSA) is 75.0 Å². The van der Waals surface area contributed by atoms with E-state index in [4.69, 9.17) is 4.52 Å². The molecule has 1 aliphatic heterocycles. The second-order valence-corrected chi connectivity index (χ2v) is 6.81. The van der Waals surface area contributed by atoms with Gasteiger partial charge in [-0.3, -0.25) is 4.79 Å². The number of rotatable bonds is 3. The molecule has 6 nitrogen and oxygen atoms in total. The Kier molecular flexibility index (Phi) is 3.57. The monoisotopic (exact) mass is 358 g/mol. The first-order valence-corrected chi connectivity index (χ1v) is 8.98. The van der Waals surface area contributed by atoms with E-state index in [1.54, 1.807) is 6.92 Å². The molecule has 0 aliphatic carbocycles. The third-order valence-corrected chi connectivity index (χ3v) is 5.08. The van der Waals surface area contributed by atoms with Crippen LogP contribution >= 0.6 is 0 Å². The maximum atomic E-state index is 12.9. The number of nitrogens with zero attached hydrogens (tertiary/aromatic N) is 3. The van der Waals surface area contributed by atoms with Crippen molar-refractivity contribution in [2.75, 3.05) is 11.4 Å². The molecule has 134 valence electrons. The third-order valence-electron chi connectivity index (χ3n) is 5.08. The molecule has 1 N–H and O–H groups in total. The zero-order valence-electron chi connectivity index (χ0n) is 14.9. The number of carbonyl (C=O) groups is 1. The highest BCUT2D eigenvalue weighted by molar-refractivity contribution is 5.99. The molecule has 0 fully saturated rings. The molecule has 0 saturated heterocycles. The van der Waals surface area contributed by atoms with E-state index in [1.807, 2.05) is 47.5 Å². The molecule has 0 saturated carbocycles. The third kappa shape index (κ3) is 2.70. The number of carbonyl (C=O) groups excluding carboxylic acids is 1. The van der Waals surface area contributed by atoms with E-state index in [1.165, 1.54) is 0 Å². The number of hydrogen-bond acceptors (Lipinski definition) is 4. The van der Waals surface area contributed by atoms with Gasteiger partial charge in [-0.1, -0.05) is 23.4 Å². The SMILES string of the molecule is Cc1nc(-c2ccc3c(c2)CCN3C(=O)Cc2c[nH]c3ccccc23)no1. The lowest BCUT2D eigenvalue weighted by Crippen LogP contribution is -2.30. The number of benzene rings is 2. The van der Waals surface area contributed by atoms with Gasteiger partial charge in [0.15, 0.2) is 0 Å². The van der Waals surface area contributed by atoms with Crippen LogP contribution in [0.15, 0.2) is 53.2 Å². The van der Waals surface area contributed by atoms with Gasteiger partial charge < -0.3 is 14.4 Å². The summed E-state index contributed by atoms with van der Waals surface area (Å²) in [4.78, 5) is 22.3. The van der Waals surface area contributed by atoms with Gasteiger partial charge in [-0.2, -0.15) is 4.98 Å². The average molecular weight is 358 g/mol. The minimum Gasteiger partial charge on any atom is -0.361 e. The Hall–Kier alpha value is -3.41. The van der Waals surface area contributed by atoms with Crippen molar-refractivity contribution in [1.29, 1.82) is 0 Å². The first-order valence-electron chi connectivity index (χ1n) is 8.98. The fraction of sp³-hybridized carbons (Fsp3) is 0.190. The van der Waals surface area contributed by atoms with Crippen molar-refractivity contribution in [3.63, 3.8) is 0 Å². The molecule has 3 heterocycles. The van der Waals surface area contributed by atoms with Crippen LogP contribution in [0.5, 0.6) is 0 Å². The zero-order chi connectivity index (χ0) is 18.4. The molecule has 1 amide bonds. The molecule has 0 bridgehead atoms. The number of para-hydroxylation sites is 1. The van der Waals surface area contributed by atoms with Crippen LogP contribution in [0.1, 0.15) is 17.0 Å². The Morgan fingerprint density at radius 3 is 3.00 bits per heavy atom. The number of aryl methyl sites for hydroxylation is 1. The summed E-state index contributed by atoms with van der Waals surface area (Å²) in [5, 5.41) is 5.08. The van der Waals surface area contributed by atoms with Crippen molar-refractivity contribution >= 4 is 22.5 Å². The number of H-pyrrole nitrogens is 1. The average Bonchev–Trinajstić information content (AvgIpc) is 3.40. The van der Waals surface area contributed by atoms with E-state index in [0.29, 0.717) is 24.7 Å². The maximum Gasteiger partial charge on any atom is 0.231 e. The molecular weight excluding hydrogens is 340 g/mol. The van der Waals surface area contributed by atoms with Crippen molar-refractivity contribution in [1.82, 2.24) is 15.1 Å². The highest BCUT2D eigenvalue weighted by Crippen LogP contribution is 2.32. The van der Waals surface area contributed by atoms with Gasteiger partial charge in [-0.25, -0.2) is 0 Å². The number of nitrogens with one attached hydrogen (secondary N) is 1. The summed E-state index contributed by atoms with van der Waals surface area (Å²) in [5.41, 5.74) is 5.12. The highest BCUT2D eigenvalue weighted by atomic mass is 16.5. The molecule has 1 aliphatic rings. The Bertz CT molecular complexity index is 1160. The molecule has 0 spiro atoms. The Labute approximate surface area is 155 Å². The van der Waals surface area contributed by atoms with Crippen LogP contribution in [0.2, 0.25) is 0 Å². The van der Waals surface area contributed by atoms with E-state index in [0.717, 1.165) is 39.7 Å². The number of aromatic nitrogens is 3. The molecule has 4 aromatic rings. The summed E-state index contributed by atoms with van der Waals surface area (Å²) >= 11 is 0. The summed E-state index contributed by atoms with van der Waals surface area (Å²) in [6, 6.07) is 14.0. The normalized spacial score (nSPS) is 13.3. The van der Waals surface area contributed by atoms with Crippen LogP contribution < -0.4 is 4.90 Å². The van der Waals surface area contributed by atoms with Crippen LogP contribution in [0, 0.1) is 6.92 Å². The summed E-state index contributed by atoms with van der Waals surface area (Å²) in [6.45, 7) is 2.47. The standard InChI is InChI=1S/C21H18N4O2/c1-13-23-21(24-27-13)15-6-7-19-14(10-15)8-9-25(19)20(26)11-16-12-22-18-5-3-2-4-17(16)18/h2-7,10,12,22H,8-9,11H2,1H3. The van der Waals surface area contributed by atoms with Crippen LogP contribution in [-0.4, -0.2) is 27.6 Å². The van der Waals surface area contributed by atoms with Gasteiger partial charge in [-0.15, -0.1) is 0 Å². The first-order chi connectivity index (χ1) is 13.2. The second-order valence-electron chi connectivity index (χ2n) is 6.81. The molecule has 2 aromatic carbocycles. The molecule has 0 atom stereocenters. The van der Waals surface area contributed by atoms with Gasteiger partial charge in [0, 0.05) is 41.8 Å². The quantitative estimate of drug-likeness (QED) is 0.606. The largest absolute Gasteiger partial charge is 0.361 e. The van der Waals surface area contributed by atoms with Gasteiger partial charge >= 0.3 is 0 Å². The molecule has 6 heteroatoms. The summed E-state index contributed by atoms with van der Waals surface area (Å²) in [6.07, 6.45) is 3.15. The molecule has 0 radical (unpaired) electrons. The second kappa shape index (κ2) is 6.09.